The van der Waals surface area contributed by atoms with E-state index in [9.17, 15) is 24.9 Å². The lowest BCUT2D eigenvalue weighted by Gasteiger charge is -2.41. The van der Waals surface area contributed by atoms with Crippen LogP contribution in [0.15, 0.2) is 35.1 Å². The van der Waals surface area contributed by atoms with Gasteiger partial charge in [-0.2, -0.15) is 0 Å². The highest BCUT2D eigenvalue weighted by Crippen LogP contribution is 2.52. The van der Waals surface area contributed by atoms with Crippen molar-refractivity contribution in [2.45, 2.75) is 51.9 Å². The van der Waals surface area contributed by atoms with Gasteiger partial charge in [-0.05, 0) is 31.8 Å². The van der Waals surface area contributed by atoms with Crippen LogP contribution in [-0.4, -0.2) is 51.4 Å². The van der Waals surface area contributed by atoms with Crippen LogP contribution in [-0.2, 0) is 9.59 Å². The number of carboxylic acid groups (broad SMARTS) is 1. The molecule has 3 rings (SSSR count). The lowest BCUT2D eigenvalue weighted by Crippen LogP contribution is -3.14. The van der Waals surface area contributed by atoms with Crippen LogP contribution in [0, 0.1) is 11.3 Å². The maximum absolute atomic E-state index is 13.0. The molecule has 0 aromatic carbocycles. The highest BCUT2D eigenvalue weighted by atomic mass is 16.4. The minimum atomic E-state index is -1.16. The highest BCUT2D eigenvalue weighted by molar-refractivity contribution is 6.14. The van der Waals surface area contributed by atoms with Gasteiger partial charge in [-0.25, -0.2) is 4.79 Å². The van der Waals surface area contributed by atoms with Crippen molar-refractivity contribution in [3.8, 4) is 0 Å². The third kappa shape index (κ3) is 2.78. The van der Waals surface area contributed by atoms with Gasteiger partial charge in [0.15, 0.2) is 5.78 Å². The van der Waals surface area contributed by atoms with Crippen molar-refractivity contribution < 1.29 is 29.8 Å². The largest absolute Gasteiger partial charge is 0.477 e. The lowest BCUT2D eigenvalue weighted by atomic mass is 9.67. The molecule has 0 bridgehead atoms. The molecular weight excluding hydrogens is 322 g/mol. The van der Waals surface area contributed by atoms with E-state index in [1.807, 2.05) is 19.9 Å². The number of carbonyl (C=O) groups is 2. The van der Waals surface area contributed by atoms with Crippen molar-refractivity contribution in [1.82, 2.24) is 0 Å². The van der Waals surface area contributed by atoms with Gasteiger partial charge in [-0.3, -0.25) is 9.69 Å². The molecule has 0 amide bonds. The molecule has 1 aliphatic heterocycles. The second-order valence-corrected chi connectivity index (χ2v) is 8.33. The Bertz CT molecular complexity index is 726. The fraction of sp³-hybridized carbons (Fsp3) is 0.579. The molecule has 2 aliphatic carbocycles. The van der Waals surface area contributed by atoms with Gasteiger partial charge in [0, 0.05) is 17.1 Å². The summed E-state index contributed by atoms with van der Waals surface area (Å²) in [6.45, 7) is 7.55. The molecule has 0 spiro atoms. The van der Waals surface area contributed by atoms with Crippen molar-refractivity contribution in [1.29, 1.82) is 0 Å². The van der Waals surface area contributed by atoms with E-state index in [2.05, 4.69) is 0 Å². The van der Waals surface area contributed by atoms with Crippen LogP contribution in [0.4, 0.5) is 0 Å². The van der Waals surface area contributed by atoms with Crippen molar-refractivity contribution in [3.63, 3.8) is 0 Å². The lowest BCUT2D eigenvalue weighted by molar-refractivity contribution is -0.864. The molecule has 0 saturated heterocycles. The molecule has 6 nitrogen and oxygen atoms in total. The van der Waals surface area contributed by atoms with Gasteiger partial charge in [0.05, 0.1) is 11.2 Å². The number of aliphatic hydroxyl groups is 2. The number of ketones is 1. The van der Waals surface area contributed by atoms with Crippen LogP contribution in [0.3, 0.4) is 0 Å². The molecule has 1 fully saturated rings. The first-order valence-corrected chi connectivity index (χ1v) is 8.65. The molecule has 1 heterocycles. The van der Waals surface area contributed by atoms with Crippen LogP contribution in [0.25, 0.3) is 0 Å². The first kappa shape index (κ1) is 18.0. The van der Waals surface area contributed by atoms with Crippen molar-refractivity contribution in [2.75, 3.05) is 6.54 Å². The second-order valence-electron chi connectivity index (χ2n) is 8.33. The Kier molecular flexibility index (Phi) is 4.06. The summed E-state index contributed by atoms with van der Waals surface area (Å²) in [5, 5.41) is 30.4. The Labute approximate surface area is 147 Å². The fourth-order valence-electron chi connectivity index (χ4n) is 4.50. The number of quaternary nitrogens is 1. The first-order chi connectivity index (χ1) is 11.5. The Morgan fingerprint density at radius 2 is 2.00 bits per heavy atom. The van der Waals surface area contributed by atoms with E-state index in [0.29, 0.717) is 34.6 Å². The monoisotopic (exact) mass is 348 g/mol. The molecular formula is C19H26NO5+. The van der Waals surface area contributed by atoms with Gasteiger partial charge in [-0.1, -0.05) is 19.9 Å². The van der Waals surface area contributed by atoms with Gasteiger partial charge in [0.1, 0.15) is 18.8 Å². The molecule has 0 radical (unpaired) electrons. The molecule has 0 aromatic rings. The number of allylic oxidation sites excluding steroid dienone is 1. The third-order valence-electron chi connectivity index (χ3n) is 5.69. The molecule has 136 valence electrons. The molecule has 3 aliphatic rings. The van der Waals surface area contributed by atoms with E-state index in [1.54, 1.807) is 19.2 Å². The van der Waals surface area contributed by atoms with E-state index < -0.39 is 23.7 Å². The summed E-state index contributed by atoms with van der Waals surface area (Å²) in [5.74, 6) is -1.50. The molecule has 25 heavy (non-hydrogen) atoms. The summed E-state index contributed by atoms with van der Waals surface area (Å²) in [5.41, 5.74) is 0.232. The molecule has 0 aromatic heterocycles. The number of Topliss-reactive ketones (excluding diaryl/α,β-unsaturated/α-hetero) is 1. The zero-order chi connectivity index (χ0) is 18.7. The van der Waals surface area contributed by atoms with Gasteiger partial charge in [-0.15, -0.1) is 0 Å². The van der Waals surface area contributed by atoms with Crippen LogP contribution in [0.1, 0.15) is 34.1 Å². The summed E-state index contributed by atoms with van der Waals surface area (Å²) < 4.78 is 0. The third-order valence-corrected chi connectivity index (χ3v) is 5.69. The molecule has 1 saturated carbocycles. The van der Waals surface area contributed by atoms with Crippen molar-refractivity contribution in [3.05, 3.63) is 35.1 Å². The van der Waals surface area contributed by atoms with Crippen LogP contribution < -0.4 is 4.90 Å². The second kappa shape index (κ2) is 5.62. The minimum absolute atomic E-state index is 0.139. The number of fused-ring (bicyclic) bond motifs is 2. The Morgan fingerprint density at radius 3 is 2.56 bits per heavy atom. The number of rotatable bonds is 3. The zero-order valence-corrected chi connectivity index (χ0v) is 15.0. The van der Waals surface area contributed by atoms with Crippen LogP contribution in [0.5, 0.6) is 0 Å². The molecule has 4 N–H and O–H groups in total. The SMILES string of the molecule is CC(O)C(C(=O)O)[NH+]1C=C2C(=O)C3=CC(C)(C)CC3C(C)(O)C2=CC1. The Morgan fingerprint density at radius 1 is 1.36 bits per heavy atom. The quantitative estimate of drug-likeness (QED) is 0.568. The smallest absolute Gasteiger partial charge is 0.365 e. The van der Waals surface area contributed by atoms with E-state index in [4.69, 9.17) is 0 Å². The highest BCUT2D eigenvalue weighted by Gasteiger charge is 2.54. The van der Waals surface area contributed by atoms with Crippen molar-refractivity contribution in [2.24, 2.45) is 11.3 Å². The Hall–Kier alpha value is -1.76. The van der Waals surface area contributed by atoms with Gasteiger partial charge >= 0.3 is 5.97 Å². The number of aliphatic hydroxyl groups excluding tert-OH is 1. The number of aliphatic carboxylic acids is 1. The van der Waals surface area contributed by atoms with E-state index in [-0.39, 0.29) is 17.1 Å². The van der Waals surface area contributed by atoms with Crippen molar-refractivity contribution >= 4 is 11.8 Å². The summed E-state index contributed by atoms with van der Waals surface area (Å²) in [6.07, 6.45) is 4.90. The van der Waals surface area contributed by atoms with E-state index >= 15 is 0 Å². The summed E-state index contributed by atoms with van der Waals surface area (Å²) >= 11 is 0. The number of carboxylic acids is 1. The normalized spacial score (nSPS) is 35.8. The Balaban J connectivity index is 2.05. The molecule has 5 unspecified atom stereocenters. The number of nitrogens with one attached hydrogen (secondary N) is 1. The zero-order valence-electron chi connectivity index (χ0n) is 15.0. The van der Waals surface area contributed by atoms with Gasteiger partial charge in [0.2, 0.25) is 6.04 Å². The van der Waals surface area contributed by atoms with E-state index in [1.165, 1.54) is 6.92 Å². The standard InChI is InChI=1S/C19H25NO5/c1-10(21)15(17(23)24)20-6-5-13-12(9-20)16(22)11-7-18(2,3)8-14(11)19(13,4)25/h5,7,9-10,14-15,21,25H,6,8H2,1-4H3,(H,23,24)/p+1. The average molecular weight is 348 g/mol. The molecule has 5 atom stereocenters. The summed E-state index contributed by atoms with van der Waals surface area (Å²) in [6, 6.07) is -1.06. The van der Waals surface area contributed by atoms with Crippen LogP contribution in [0.2, 0.25) is 0 Å². The van der Waals surface area contributed by atoms with E-state index in [0.717, 1.165) is 0 Å². The maximum Gasteiger partial charge on any atom is 0.365 e. The number of hydrogen-bond acceptors (Lipinski definition) is 4. The van der Waals surface area contributed by atoms with Crippen LogP contribution >= 0.6 is 0 Å². The minimum Gasteiger partial charge on any atom is -0.477 e. The van der Waals surface area contributed by atoms with Gasteiger partial charge < -0.3 is 15.3 Å². The molecule has 6 heteroatoms. The van der Waals surface area contributed by atoms with Gasteiger partial charge in [0.25, 0.3) is 0 Å². The fourth-order valence-corrected chi connectivity index (χ4v) is 4.50. The average Bonchev–Trinajstić information content (AvgIpc) is 2.81. The number of carbonyl (C=O) groups excluding carboxylic acids is 1. The topological polar surface area (TPSA) is 99.3 Å². The number of hydrogen-bond donors (Lipinski definition) is 4. The predicted octanol–water partition coefficient (Wildman–Crippen LogP) is -0.165. The summed E-state index contributed by atoms with van der Waals surface area (Å²) in [4.78, 5) is 25.0. The summed E-state index contributed by atoms with van der Waals surface area (Å²) in [7, 11) is 0. The maximum atomic E-state index is 13.0. The first-order valence-electron chi connectivity index (χ1n) is 8.65. The predicted molar refractivity (Wildman–Crippen MR) is 90.7 cm³/mol.